The number of hydrogen-bond donors (Lipinski definition) is 2. The first kappa shape index (κ1) is 11.5. The minimum absolute atomic E-state index is 0.137. The Morgan fingerprint density at radius 2 is 2.14 bits per heavy atom. The molecule has 1 aliphatic rings. The molecule has 0 fully saturated rings. The first-order chi connectivity index (χ1) is 6.52. The van der Waals surface area contributed by atoms with Gasteiger partial charge < -0.3 is 10.8 Å². The van der Waals surface area contributed by atoms with E-state index in [-0.39, 0.29) is 6.04 Å². The van der Waals surface area contributed by atoms with Crippen LogP contribution in [0, 0.1) is 11.8 Å². The number of nitrogens with two attached hydrogens (primary N) is 1. The van der Waals surface area contributed by atoms with E-state index in [0.717, 1.165) is 6.42 Å². The monoisotopic (exact) mass is 195 g/mol. The number of rotatable bonds is 3. The third-order valence-electron chi connectivity index (χ3n) is 3.19. The summed E-state index contributed by atoms with van der Waals surface area (Å²) in [5, 5.41) is 9.33. The molecule has 14 heavy (non-hydrogen) atoms. The van der Waals surface area contributed by atoms with Gasteiger partial charge in [-0.1, -0.05) is 37.6 Å². The Hall–Kier alpha value is -0.600. The summed E-state index contributed by atoms with van der Waals surface area (Å²) in [5.41, 5.74) is 7.20. The van der Waals surface area contributed by atoms with E-state index in [1.54, 1.807) is 6.92 Å². The predicted octanol–water partition coefficient (Wildman–Crippen LogP) is 1.85. The largest absolute Gasteiger partial charge is 0.392 e. The molecule has 0 heterocycles. The SMILES string of the molecule is CC(O)C(N)CC1=CC=CC(C)C1C. The fourth-order valence-electron chi connectivity index (χ4n) is 1.71. The van der Waals surface area contributed by atoms with E-state index in [1.165, 1.54) is 5.57 Å². The molecule has 3 N–H and O–H groups in total. The number of aliphatic hydroxyl groups excluding tert-OH is 1. The fourth-order valence-corrected chi connectivity index (χ4v) is 1.71. The number of allylic oxidation sites excluding steroid dienone is 3. The molecule has 0 amide bonds. The van der Waals surface area contributed by atoms with Gasteiger partial charge in [-0.25, -0.2) is 0 Å². The molecule has 0 spiro atoms. The van der Waals surface area contributed by atoms with Gasteiger partial charge in [-0.3, -0.25) is 0 Å². The van der Waals surface area contributed by atoms with E-state index in [1.807, 2.05) is 0 Å². The van der Waals surface area contributed by atoms with E-state index in [9.17, 15) is 5.11 Å². The van der Waals surface area contributed by atoms with Crippen molar-refractivity contribution in [2.75, 3.05) is 0 Å². The van der Waals surface area contributed by atoms with E-state index in [4.69, 9.17) is 5.73 Å². The van der Waals surface area contributed by atoms with Crippen LogP contribution in [0.2, 0.25) is 0 Å². The van der Waals surface area contributed by atoms with Crippen LogP contribution in [0.25, 0.3) is 0 Å². The Labute approximate surface area is 86.5 Å². The van der Waals surface area contributed by atoms with Crippen molar-refractivity contribution in [1.82, 2.24) is 0 Å². The maximum absolute atomic E-state index is 9.33. The van der Waals surface area contributed by atoms with Crippen LogP contribution in [0.15, 0.2) is 23.8 Å². The molecule has 80 valence electrons. The van der Waals surface area contributed by atoms with Gasteiger partial charge in [-0.2, -0.15) is 0 Å². The lowest BCUT2D eigenvalue weighted by Crippen LogP contribution is -2.34. The van der Waals surface area contributed by atoms with Crippen LogP contribution in [0.3, 0.4) is 0 Å². The van der Waals surface area contributed by atoms with Gasteiger partial charge in [-0.15, -0.1) is 0 Å². The Bertz CT molecular complexity index is 243. The molecule has 0 saturated heterocycles. The lowest BCUT2D eigenvalue weighted by Gasteiger charge is -2.26. The summed E-state index contributed by atoms with van der Waals surface area (Å²) in [6.07, 6.45) is 6.81. The minimum Gasteiger partial charge on any atom is -0.392 e. The smallest absolute Gasteiger partial charge is 0.0666 e. The Morgan fingerprint density at radius 1 is 1.50 bits per heavy atom. The first-order valence-corrected chi connectivity index (χ1v) is 5.33. The van der Waals surface area contributed by atoms with Crippen molar-refractivity contribution in [3.05, 3.63) is 23.8 Å². The standard InChI is InChI=1S/C12H21NO/c1-8-5-4-6-11(9(8)2)7-12(13)10(3)14/h4-6,8-10,12,14H,7,13H2,1-3H3. The summed E-state index contributed by atoms with van der Waals surface area (Å²) in [6.45, 7) is 6.18. The zero-order valence-corrected chi connectivity index (χ0v) is 9.27. The van der Waals surface area contributed by atoms with Crippen LogP contribution >= 0.6 is 0 Å². The molecule has 2 heteroatoms. The molecule has 0 aromatic carbocycles. The Balaban J connectivity index is 2.60. The van der Waals surface area contributed by atoms with Crippen molar-refractivity contribution in [1.29, 1.82) is 0 Å². The molecule has 2 nitrogen and oxygen atoms in total. The van der Waals surface area contributed by atoms with Crippen LogP contribution < -0.4 is 5.73 Å². The van der Waals surface area contributed by atoms with Gasteiger partial charge in [0, 0.05) is 6.04 Å². The van der Waals surface area contributed by atoms with Gasteiger partial charge in [-0.05, 0) is 25.2 Å². The summed E-state index contributed by atoms with van der Waals surface area (Å²) in [6, 6.07) is -0.137. The topological polar surface area (TPSA) is 46.2 Å². The second-order valence-electron chi connectivity index (χ2n) is 4.38. The quantitative estimate of drug-likeness (QED) is 0.722. The van der Waals surface area contributed by atoms with Crippen molar-refractivity contribution in [2.24, 2.45) is 17.6 Å². The molecule has 1 rings (SSSR count). The molecule has 4 unspecified atom stereocenters. The highest BCUT2D eigenvalue weighted by Gasteiger charge is 2.20. The molecule has 0 radical (unpaired) electrons. The highest BCUT2D eigenvalue weighted by Crippen LogP contribution is 2.28. The van der Waals surface area contributed by atoms with E-state index in [2.05, 4.69) is 32.1 Å². The third kappa shape index (κ3) is 2.69. The van der Waals surface area contributed by atoms with Crippen molar-refractivity contribution >= 4 is 0 Å². The molecule has 0 aromatic heterocycles. The Kier molecular flexibility index (Phi) is 3.90. The molecule has 0 aromatic rings. The van der Waals surface area contributed by atoms with E-state index in [0.29, 0.717) is 11.8 Å². The second kappa shape index (κ2) is 4.76. The van der Waals surface area contributed by atoms with Gasteiger partial charge in [0.15, 0.2) is 0 Å². The highest BCUT2D eigenvalue weighted by atomic mass is 16.3. The minimum atomic E-state index is -0.427. The molecule has 0 bridgehead atoms. The van der Waals surface area contributed by atoms with E-state index < -0.39 is 6.10 Å². The molecular weight excluding hydrogens is 174 g/mol. The zero-order chi connectivity index (χ0) is 10.7. The summed E-state index contributed by atoms with van der Waals surface area (Å²) in [5.74, 6) is 1.13. The van der Waals surface area contributed by atoms with Crippen molar-refractivity contribution < 1.29 is 5.11 Å². The van der Waals surface area contributed by atoms with Gasteiger partial charge in [0.1, 0.15) is 0 Å². The van der Waals surface area contributed by atoms with E-state index >= 15 is 0 Å². The van der Waals surface area contributed by atoms with Gasteiger partial charge in [0.05, 0.1) is 6.10 Å². The average Bonchev–Trinajstić information content (AvgIpc) is 2.12. The van der Waals surface area contributed by atoms with Crippen LogP contribution in [-0.2, 0) is 0 Å². The fraction of sp³-hybridized carbons (Fsp3) is 0.667. The van der Waals surface area contributed by atoms with Crippen molar-refractivity contribution in [3.8, 4) is 0 Å². The van der Waals surface area contributed by atoms with Gasteiger partial charge >= 0.3 is 0 Å². The summed E-state index contributed by atoms with van der Waals surface area (Å²) < 4.78 is 0. The van der Waals surface area contributed by atoms with Gasteiger partial charge in [0.25, 0.3) is 0 Å². The number of aliphatic hydroxyl groups is 1. The van der Waals surface area contributed by atoms with Crippen LogP contribution in [0.1, 0.15) is 27.2 Å². The third-order valence-corrected chi connectivity index (χ3v) is 3.19. The van der Waals surface area contributed by atoms with Crippen LogP contribution in [0.4, 0.5) is 0 Å². The molecule has 1 aliphatic carbocycles. The molecule has 0 saturated carbocycles. The highest BCUT2D eigenvalue weighted by molar-refractivity contribution is 5.23. The normalized spacial score (nSPS) is 31.1. The molecular formula is C12H21NO. The average molecular weight is 195 g/mol. The maximum Gasteiger partial charge on any atom is 0.0666 e. The van der Waals surface area contributed by atoms with Gasteiger partial charge in [0.2, 0.25) is 0 Å². The van der Waals surface area contributed by atoms with Crippen molar-refractivity contribution in [2.45, 2.75) is 39.3 Å². The lowest BCUT2D eigenvalue weighted by molar-refractivity contribution is 0.161. The Morgan fingerprint density at radius 3 is 2.71 bits per heavy atom. The van der Waals surface area contributed by atoms with Crippen molar-refractivity contribution in [3.63, 3.8) is 0 Å². The van der Waals surface area contributed by atoms with Crippen LogP contribution in [-0.4, -0.2) is 17.3 Å². The molecule has 0 aliphatic heterocycles. The van der Waals surface area contributed by atoms with Crippen LogP contribution in [0.5, 0.6) is 0 Å². The summed E-state index contributed by atoms with van der Waals surface area (Å²) >= 11 is 0. The first-order valence-electron chi connectivity index (χ1n) is 5.33. The number of hydrogen-bond acceptors (Lipinski definition) is 2. The maximum atomic E-state index is 9.33. The molecule has 4 atom stereocenters. The summed E-state index contributed by atoms with van der Waals surface area (Å²) in [7, 11) is 0. The second-order valence-corrected chi connectivity index (χ2v) is 4.38. The lowest BCUT2D eigenvalue weighted by atomic mass is 9.81. The predicted molar refractivity (Wildman–Crippen MR) is 59.8 cm³/mol. The summed E-state index contributed by atoms with van der Waals surface area (Å²) in [4.78, 5) is 0. The zero-order valence-electron chi connectivity index (χ0n) is 9.27.